The van der Waals surface area contributed by atoms with Gasteiger partial charge in [-0.3, -0.25) is 9.69 Å². The standard InChI is InChI=1S/C17H25NO2/c1-3-5-12-18(14-10-11-14)13-16(19)15-8-6-7-9-17(15)20-4-2/h6-9,14H,3-5,10-13H2,1-2H3. The number of ketones is 1. The van der Waals surface area contributed by atoms with E-state index in [1.54, 1.807) is 0 Å². The molecule has 0 atom stereocenters. The molecule has 1 saturated carbocycles. The first-order valence-electron chi connectivity index (χ1n) is 7.75. The van der Waals surface area contributed by atoms with Crippen LogP contribution in [0.2, 0.25) is 0 Å². The van der Waals surface area contributed by atoms with Crippen molar-refractivity contribution in [3.8, 4) is 5.75 Å². The lowest BCUT2D eigenvalue weighted by atomic mass is 10.1. The molecule has 0 N–H and O–H groups in total. The quantitative estimate of drug-likeness (QED) is 0.646. The Morgan fingerprint density at radius 3 is 2.70 bits per heavy atom. The fraction of sp³-hybridized carbons (Fsp3) is 0.588. The smallest absolute Gasteiger partial charge is 0.180 e. The molecule has 1 fully saturated rings. The molecule has 1 aliphatic rings. The summed E-state index contributed by atoms with van der Waals surface area (Å²) in [6.45, 7) is 6.28. The molecule has 20 heavy (non-hydrogen) atoms. The van der Waals surface area contributed by atoms with E-state index in [-0.39, 0.29) is 5.78 Å². The zero-order chi connectivity index (χ0) is 14.4. The number of nitrogens with zero attached hydrogens (tertiary/aromatic N) is 1. The van der Waals surface area contributed by atoms with Gasteiger partial charge in [0.05, 0.1) is 18.7 Å². The molecule has 2 rings (SSSR count). The summed E-state index contributed by atoms with van der Waals surface area (Å²) in [6, 6.07) is 8.20. The van der Waals surface area contributed by atoms with Crippen LogP contribution in [0.4, 0.5) is 0 Å². The van der Waals surface area contributed by atoms with Gasteiger partial charge in [-0.25, -0.2) is 0 Å². The molecule has 1 aromatic rings. The Bertz CT molecular complexity index is 440. The average Bonchev–Trinajstić information content (AvgIpc) is 3.28. The normalized spacial score (nSPS) is 14.6. The molecule has 0 saturated heterocycles. The van der Waals surface area contributed by atoms with Crippen molar-refractivity contribution in [3.63, 3.8) is 0 Å². The van der Waals surface area contributed by atoms with Crippen molar-refractivity contribution < 1.29 is 9.53 Å². The van der Waals surface area contributed by atoms with Crippen LogP contribution >= 0.6 is 0 Å². The van der Waals surface area contributed by atoms with Gasteiger partial charge in [-0.2, -0.15) is 0 Å². The molecule has 0 radical (unpaired) electrons. The SMILES string of the molecule is CCCCN(CC(=O)c1ccccc1OCC)C1CC1. The minimum absolute atomic E-state index is 0.178. The highest BCUT2D eigenvalue weighted by Gasteiger charge is 2.30. The number of rotatable bonds is 9. The number of carbonyl (C=O) groups is 1. The summed E-state index contributed by atoms with van der Waals surface area (Å²) in [4.78, 5) is 14.9. The molecule has 0 aromatic heterocycles. The van der Waals surface area contributed by atoms with Crippen LogP contribution in [0.15, 0.2) is 24.3 Å². The van der Waals surface area contributed by atoms with Gasteiger partial charge < -0.3 is 4.74 Å². The van der Waals surface area contributed by atoms with Crippen molar-refractivity contribution in [1.29, 1.82) is 0 Å². The molecule has 3 nitrogen and oxygen atoms in total. The maximum atomic E-state index is 12.5. The lowest BCUT2D eigenvalue weighted by Crippen LogP contribution is -2.33. The van der Waals surface area contributed by atoms with Crippen LogP contribution in [0.1, 0.15) is 49.9 Å². The van der Waals surface area contributed by atoms with Crippen molar-refractivity contribution in [2.75, 3.05) is 19.7 Å². The maximum Gasteiger partial charge on any atom is 0.180 e. The number of carbonyl (C=O) groups excluding carboxylic acids is 1. The molecular weight excluding hydrogens is 250 g/mol. The zero-order valence-electron chi connectivity index (χ0n) is 12.6. The molecule has 1 aromatic carbocycles. The van der Waals surface area contributed by atoms with Crippen LogP contribution in [-0.4, -0.2) is 36.4 Å². The summed E-state index contributed by atoms with van der Waals surface area (Å²) >= 11 is 0. The van der Waals surface area contributed by atoms with E-state index in [2.05, 4.69) is 11.8 Å². The van der Waals surface area contributed by atoms with Gasteiger partial charge in [0.1, 0.15) is 5.75 Å². The predicted molar refractivity (Wildman–Crippen MR) is 81.4 cm³/mol. The molecule has 0 heterocycles. The summed E-state index contributed by atoms with van der Waals surface area (Å²) in [7, 11) is 0. The van der Waals surface area contributed by atoms with Crippen LogP contribution in [-0.2, 0) is 0 Å². The third kappa shape index (κ3) is 4.07. The van der Waals surface area contributed by atoms with E-state index in [9.17, 15) is 4.79 Å². The second kappa shape index (κ2) is 7.44. The first-order chi connectivity index (χ1) is 9.76. The summed E-state index contributed by atoms with van der Waals surface area (Å²) in [5, 5.41) is 0. The van der Waals surface area contributed by atoms with Gasteiger partial charge in [0.15, 0.2) is 5.78 Å². The summed E-state index contributed by atoms with van der Waals surface area (Å²) in [6.07, 6.45) is 4.82. The van der Waals surface area contributed by atoms with Crippen LogP contribution < -0.4 is 4.74 Å². The van der Waals surface area contributed by atoms with E-state index in [4.69, 9.17) is 4.74 Å². The minimum Gasteiger partial charge on any atom is -0.493 e. The summed E-state index contributed by atoms with van der Waals surface area (Å²) in [5.41, 5.74) is 0.719. The Morgan fingerprint density at radius 1 is 1.30 bits per heavy atom. The second-order valence-electron chi connectivity index (χ2n) is 5.41. The van der Waals surface area contributed by atoms with E-state index in [1.165, 1.54) is 19.3 Å². The first kappa shape index (κ1) is 15.0. The van der Waals surface area contributed by atoms with Crippen molar-refractivity contribution in [2.24, 2.45) is 0 Å². The summed E-state index contributed by atoms with van der Waals surface area (Å²) in [5.74, 6) is 0.892. The lowest BCUT2D eigenvalue weighted by Gasteiger charge is -2.21. The number of hydrogen-bond acceptors (Lipinski definition) is 3. The van der Waals surface area contributed by atoms with Crippen LogP contribution in [0.5, 0.6) is 5.75 Å². The fourth-order valence-corrected chi connectivity index (χ4v) is 2.44. The largest absolute Gasteiger partial charge is 0.493 e. The Labute approximate surface area is 121 Å². The minimum atomic E-state index is 0.178. The van der Waals surface area contributed by atoms with E-state index in [0.717, 1.165) is 18.5 Å². The van der Waals surface area contributed by atoms with Crippen molar-refractivity contribution in [3.05, 3.63) is 29.8 Å². The number of para-hydroxylation sites is 1. The second-order valence-corrected chi connectivity index (χ2v) is 5.41. The third-order valence-corrected chi connectivity index (χ3v) is 3.70. The van der Waals surface area contributed by atoms with Gasteiger partial charge in [0, 0.05) is 6.04 Å². The van der Waals surface area contributed by atoms with Gasteiger partial charge in [-0.1, -0.05) is 25.5 Å². The van der Waals surface area contributed by atoms with Gasteiger partial charge >= 0.3 is 0 Å². The van der Waals surface area contributed by atoms with Crippen LogP contribution in [0, 0.1) is 0 Å². The highest BCUT2D eigenvalue weighted by Crippen LogP contribution is 2.28. The Hall–Kier alpha value is -1.35. The van der Waals surface area contributed by atoms with E-state index >= 15 is 0 Å². The Balaban J connectivity index is 2.02. The van der Waals surface area contributed by atoms with Crippen molar-refractivity contribution in [2.45, 2.75) is 45.6 Å². The van der Waals surface area contributed by atoms with E-state index < -0.39 is 0 Å². The molecular formula is C17H25NO2. The van der Waals surface area contributed by atoms with Crippen molar-refractivity contribution in [1.82, 2.24) is 4.90 Å². The summed E-state index contributed by atoms with van der Waals surface area (Å²) < 4.78 is 5.56. The van der Waals surface area contributed by atoms with Crippen molar-refractivity contribution >= 4 is 5.78 Å². The maximum absolute atomic E-state index is 12.5. The highest BCUT2D eigenvalue weighted by molar-refractivity contribution is 6.00. The molecule has 110 valence electrons. The molecule has 3 heteroatoms. The fourth-order valence-electron chi connectivity index (χ4n) is 2.44. The number of hydrogen-bond donors (Lipinski definition) is 0. The Kier molecular flexibility index (Phi) is 5.60. The zero-order valence-corrected chi connectivity index (χ0v) is 12.6. The number of ether oxygens (including phenoxy) is 1. The predicted octanol–water partition coefficient (Wildman–Crippen LogP) is 3.53. The molecule has 0 spiro atoms. The van der Waals surface area contributed by atoms with Gasteiger partial charge in [-0.05, 0) is 44.9 Å². The average molecular weight is 275 g/mol. The number of Topliss-reactive ketones (excluding diaryl/α,β-unsaturated/α-hetero) is 1. The monoisotopic (exact) mass is 275 g/mol. The van der Waals surface area contributed by atoms with Crippen LogP contribution in [0.25, 0.3) is 0 Å². The molecule has 0 aliphatic heterocycles. The number of unbranched alkanes of at least 4 members (excludes halogenated alkanes) is 1. The number of benzene rings is 1. The molecule has 1 aliphatic carbocycles. The van der Waals surface area contributed by atoms with E-state index in [0.29, 0.717) is 24.9 Å². The van der Waals surface area contributed by atoms with Gasteiger partial charge in [0.25, 0.3) is 0 Å². The van der Waals surface area contributed by atoms with E-state index in [1.807, 2.05) is 31.2 Å². The first-order valence-corrected chi connectivity index (χ1v) is 7.75. The van der Waals surface area contributed by atoms with Gasteiger partial charge in [0.2, 0.25) is 0 Å². The Morgan fingerprint density at radius 2 is 2.05 bits per heavy atom. The lowest BCUT2D eigenvalue weighted by molar-refractivity contribution is 0.0919. The van der Waals surface area contributed by atoms with Crippen LogP contribution in [0.3, 0.4) is 0 Å². The highest BCUT2D eigenvalue weighted by atomic mass is 16.5. The molecule has 0 unspecified atom stereocenters. The topological polar surface area (TPSA) is 29.5 Å². The third-order valence-electron chi connectivity index (χ3n) is 3.70. The molecule has 0 amide bonds. The van der Waals surface area contributed by atoms with Gasteiger partial charge in [-0.15, -0.1) is 0 Å². The molecule has 0 bridgehead atoms.